The highest BCUT2D eigenvalue weighted by Gasteiger charge is 2.54. The van der Waals surface area contributed by atoms with Crippen LogP contribution in [0.1, 0.15) is 43.1 Å². The Hall–Kier alpha value is -1.78. The summed E-state index contributed by atoms with van der Waals surface area (Å²) in [4.78, 5) is 2.77. The first-order chi connectivity index (χ1) is 13.2. The molecule has 2 aliphatic carbocycles. The summed E-state index contributed by atoms with van der Waals surface area (Å²) in [5, 5.41) is 13.8. The number of benzene rings is 1. The lowest BCUT2D eigenvalue weighted by Gasteiger charge is -2.40. The van der Waals surface area contributed by atoms with Gasteiger partial charge in [0.25, 0.3) is 0 Å². The number of phenolic OH excluding ortho intramolecular Hbond substituents is 1. The Labute approximate surface area is 161 Å². The molecule has 0 spiro atoms. The summed E-state index contributed by atoms with van der Waals surface area (Å²) >= 11 is 0. The highest BCUT2D eigenvalue weighted by Crippen LogP contribution is 2.52. The van der Waals surface area contributed by atoms with Crippen LogP contribution in [-0.2, 0) is 18.4 Å². The number of furan rings is 1. The molecule has 0 radical (unpaired) electrons. The van der Waals surface area contributed by atoms with Gasteiger partial charge in [0.15, 0.2) is 0 Å². The van der Waals surface area contributed by atoms with Gasteiger partial charge in [0, 0.05) is 24.5 Å². The molecule has 1 saturated carbocycles. The minimum Gasteiger partial charge on any atom is -0.508 e. The Morgan fingerprint density at radius 2 is 2.19 bits per heavy atom. The number of rotatable bonds is 7. The minimum absolute atomic E-state index is 0.141. The van der Waals surface area contributed by atoms with Crippen molar-refractivity contribution in [2.75, 3.05) is 19.6 Å². The van der Waals surface area contributed by atoms with Crippen LogP contribution in [0.4, 0.5) is 0 Å². The van der Waals surface area contributed by atoms with E-state index < -0.39 is 0 Å². The van der Waals surface area contributed by atoms with Crippen LogP contribution in [0.5, 0.6) is 5.75 Å². The molecule has 1 aromatic heterocycles. The first kappa shape index (κ1) is 17.3. The first-order valence-corrected chi connectivity index (χ1v) is 10.5. The molecule has 3 aliphatic rings. The SMILES string of the molecule is C[C@H]1[C@H]2Cc3ccc(O)cc3[C@@]1(CCNCc1ccco1)CN2CC1CC1. The molecule has 27 heavy (non-hydrogen) atoms. The summed E-state index contributed by atoms with van der Waals surface area (Å²) in [7, 11) is 0. The summed E-state index contributed by atoms with van der Waals surface area (Å²) in [6.45, 7) is 6.57. The van der Waals surface area contributed by atoms with Crippen LogP contribution >= 0.6 is 0 Å². The molecule has 3 atom stereocenters. The second-order valence-electron chi connectivity index (χ2n) is 8.94. The van der Waals surface area contributed by atoms with Crippen LogP contribution < -0.4 is 5.32 Å². The molecule has 1 aliphatic heterocycles. The van der Waals surface area contributed by atoms with E-state index in [-0.39, 0.29) is 5.41 Å². The van der Waals surface area contributed by atoms with Crippen molar-refractivity contribution in [2.24, 2.45) is 11.8 Å². The molecule has 5 rings (SSSR count). The van der Waals surface area contributed by atoms with Crippen molar-refractivity contribution in [2.45, 2.75) is 50.6 Å². The van der Waals surface area contributed by atoms with Gasteiger partial charge in [0.05, 0.1) is 12.8 Å². The number of nitrogens with zero attached hydrogens (tertiary/aromatic N) is 1. The van der Waals surface area contributed by atoms with E-state index >= 15 is 0 Å². The van der Waals surface area contributed by atoms with Gasteiger partial charge in [-0.15, -0.1) is 0 Å². The standard InChI is InChI=1S/C23H30N2O2/c1-16-22-11-18-6-7-19(26)12-21(18)23(16,15-25(22)14-17-4-5-17)8-9-24-13-20-3-2-10-27-20/h2-3,6-7,10,12,16-17,22,24,26H,4-5,8-9,11,13-15H2,1H3/t16-,22+,23-/m0/s1. The third-order valence-electron chi connectivity index (χ3n) is 7.28. The largest absolute Gasteiger partial charge is 0.508 e. The van der Waals surface area contributed by atoms with Gasteiger partial charge in [0.1, 0.15) is 11.5 Å². The maximum atomic E-state index is 10.2. The van der Waals surface area contributed by atoms with Gasteiger partial charge in [-0.1, -0.05) is 13.0 Å². The van der Waals surface area contributed by atoms with Crippen molar-refractivity contribution >= 4 is 0 Å². The highest BCUT2D eigenvalue weighted by molar-refractivity contribution is 5.46. The normalized spacial score (nSPS) is 29.8. The maximum absolute atomic E-state index is 10.2. The molecule has 0 amide bonds. The Morgan fingerprint density at radius 1 is 1.30 bits per heavy atom. The van der Waals surface area contributed by atoms with Crippen LogP contribution in [0, 0.1) is 11.8 Å². The van der Waals surface area contributed by atoms with Gasteiger partial charge in [-0.05, 0) is 79.5 Å². The summed E-state index contributed by atoms with van der Waals surface area (Å²) in [6.07, 6.45) is 6.77. The lowest BCUT2D eigenvalue weighted by molar-refractivity contribution is 0.218. The molecule has 4 nitrogen and oxygen atoms in total. The quantitative estimate of drug-likeness (QED) is 0.734. The van der Waals surface area contributed by atoms with Crippen LogP contribution in [0.15, 0.2) is 41.0 Å². The van der Waals surface area contributed by atoms with Crippen molar-refractivity contribution < 1.29 is 9.52 Å². The number of phenols is 1. The van der Waals surface area contributed by atoms with Gasteiger partial charge in [-0.3, -0.25) is 4.90 Å². The predicted molar refractivity (Wildman–Crippen MR) is 106 cm³/mol. The lowest BCUT2D eigenvalue weighted by Crippen LogP contribution is -2.42. The molecule has 2 N–H and O–H groups in total. The molecular weight excluding hydrogens is 336 g/mol. The van der Waals surface area contributed by atoms with E-state index in [1.807, 2.05) is 18.2 Å². The molecule has 1 aromatic carbocycles. The number of nitrogens with one attached hydrogen (secondary N) is 1. The fourth-order valence-electron chi connectivity index (χ4n) is 5.59. The first-order valence-electron chi connectivity index (χ1n) is 10.5. The van der Waals surface area contributed by atoms with E-state index in [1.165, 1.54) is 30.5 Å². The Kier molecular flexibility index (Phi) is 4.29. The number of fused-ring (bicyclic) bond motifs is 4. The predicted octanol–water partition coefficient (Wildman–Crippen LogP) is 3.69. The lowest BCUT2D eigenvalue weighted by atomic mass is 9.63. The number of hydrogen-bond donors (Lipinski definition) is 2. The summed E-state index contributed by atoms with van der Waals surface area (Å²) < 4.78 is 5.44. The van der Waals surface area contributed by atoms with E-state index in [9.17, 15) is 5.11 Å². The average Bonchev–Trinajstić information content (AvgIpc) is 3.28. The molecular formula is C23H30N2O2. The Morgan fingerprint density at radius 3 is 2.96 bits per heavy atom. The van der Waals surface area contributed by atoms with Crippen molar-refractivity contribution in [1.82, 2.24) is 10.2 Å². The van der Waals surface area contributed by atoms with Crippen LogP contribution in [0.25, 0.3) is 0 Å². The minimum atomic E-state index is 0.141. The third-order valence-corrected chi connectivity index (χ3v) is 7.28. The molecule has 2 fully saturated rings. The molecule has 0 unspecified atom stereocenters. The molecule has 4 heteroatoms. The van der Waals surface area contributed by atoms with Gasteiger partial charge in [-0.25, -0.2) is 0 Å². The number of likely N-dealkylation sites (tertiary alicyclic amines) is 1. The molecule has 2 bridgehead atoms. The fourth-order valence-corrected chi connectivity index (χ4v) is 5.59. The fraction of sp³-hybridized carbons (Fsp3) is 0.565. The molecule has 1 saturated heterocycles. The van der Waals surface area contributed by atoms with Gasteiger partial charge in [0.2, 0.25) is 0 Å². The zero-order chi connectivity index (χ0) is 18.4. The average molecular weight is 367 g/mol. The van der Waals surface area contributed by atoms with Crippen LogP contribution in [-0.4, -0.2) is 35.7 Å². The van der Waals surface area contributed by atoms with E-state index in [1.54, 1.807) is 6.26 Å². The van der Waals surface area contributed by atoms with Crippen molar-refractivity contribution in [1.29, 1.82) is 0 Å². The van der Waals surface area contributed by atoms with Crippen LogP contribution in [0.3, 0.4) is 0 Å². The van der Waals surface area contributed by atoms with Crippen molar-refractivity contribution in [3.05, 3.63) is 53.5 Å². The number of hydrogen-bond acceptors (Lipinski definition) is 4. The topological polar surface area (TPSA) is 48.6 Å². The van der Waals surface area contributed by atoms with Gasteiger partial charge < -0.3 is 14.8 Å². The Bertz CT molecular complexity index is 799. The van der Waals surface area contributed by atoms with Gasteiger partial charge >= 0.3 is 0 Å². The summed E-state index contributed by atoms with van der Waals surface area (Å²) in [6, 6.07) is 10.7. The second kappa shape index (κ2) is 6.68. The van der Waals surface area contributed by atoms with E-state index in [0.29, 0.717) is 17.7 Å². The monoisotopic (exact) mass is 366 g/mol. The maximum Gasteiger partial charge on any atom is 0.117 e. The summed E-state index contributed by atoms with van der Waals surface area (Å²) in [5.74, 6) is 2.93. The summed E-state index contributed by atoms with van der Waals surface area (Å²) in [5.41, 5.74) is 2.98. The van der Waals surface area contributed by atoms with Crippen molar-refractivity contribution in [3.8, 4) is 5.75 Å². The van der Waals surface area contributed by atoms with Crippen LogP contribution in [0.2, 0.25) is 0 Å². The zero-order valence-corrected chi connectivity index (χ0v) is 16.2. The van der Waals surface area contributed by atoms with E-state index in [4.69, 9.17) is 4.42 Å². The van der Waals surface area contributed by atoms with E-state index in [2.05, 4.69) is 29.3 Å². The van der Waals surface area contributed by atoms with E-state index in [0.717, 1.165) is 44.2 Å². The number of aromatic hydroxyl groups is 1. The Balaban J connectivity index is 1.38. The van der Waals surface area contributed by atoms with Crippen molar-refractivity contribution in [3.63, 3.8) is 0 Å². The highest BCUT2D eigenvalue weighted by atomic mass is 16.3. The second-order valence-corrected chi connectivity index (χ2v) is 8.94. The molecule has 2 aromatic rings. The molecule has 2 heterocycles. The zero-order valence-electron chi connectivity index (χ0n) is 16.2. The van der Waals surface area contributed by atoms with Gasteiger partial charge in [-0.2, -0.15) is 0 Å². The molecule has 144 valence electrons. The third kappa shape index (κ3) is 3.09. The smallest absolute Gasteiger partial charge is 0.117 e.